The van der Waals surface area contributed by atoms with Crippen LogP contribution in [0.4, 0.5) is 0 Å². The molecule has 4 heteroatoms. The number of aromatic amines is 1. The van der Waals surface area contributed by atoms with Crippen LogP contribution in [-0.4, -0.2) is 17.4 Å². The van der Waals surface area contributed by atoms with Gasteiger partial charge in [-0.25, -0.2) is 0 Å². The first-order valence-electron chi connectivity index (χ1n) is 5.06. The van der Waals surface area contributed by atoms with E-state index in [1.165, 1.54) is 25.1 Å². The first kappa shape index (κ1) is 9.96. The lowest BCUT2D eigenvalue weighted by molar-refractivity contribution is 0.0946. The molecule has 1 amide bonds. The maximum atomic E-state index is 11.6. The number of hydrogen-bond donors (Lipinski definition) is 2. The Labute approximate surface area is 87.7 Å². The van der Waals surface area contributed by atoms with E-state index in [0.717, 1.165) is 0 Å². The van der Waals surface area contributed by atoms with Crippen molar-refractivity contribution >= 4 is 5.91 Å². The van der Waals surface area contributed by atoms with Crippen LogP contribution in [-0.2, 0) is 0 Å². The van der Waals surface area contributed by atoms with Crippen LogP contribution in [0.3, 0.4) is 0 Å². The molecule has 0 aromatic carbocycles. The predicted octanol–water partition coefficient (Wildman–Crippen LogP) is 0.905. The Bertz CT molecular complexity index is 432. The molecule has 15 heavy (non-hydrogen) atoms. The van der Waals surface area contributed by atoms with Crippen molar-refractivity contribution in [2.24, 2.45) is 5.41 Å². The average molecular weight is 206 g/mol. The van der Waals surface area contributed by atoms with E-state index in [1.54, 1.807) is 6.07 Å². The standard InChI is InChI=1S/C11H14N2O2/c1-11(3-4-11)7-13-10(15)8-2-5-12-9(14)6-8/h2,5-6H,3-4,7H2,1H3,(H,12,14)(H,13,15). The molecule has 1 aromatic heterocycles. The van der Waals surface area contributed by atoms with E-state index in [9.17, 15) is 9.59 Å². The minimum atomic E-state index is -0.250. The SMILES string of the molecule is CC1(CNC(=O)c2cc[nH]c(=O)c2)CC1. The molecule has 4 nitrogen and oxygen atoms in total. The zero-order chi connectivity index (χ0) is 10.9. The molecule has 0 saturated heterocycles. The van der Waals surface area contributed by atoms with E-state index in [4.69, 9.17) is 0 Å². The summed E-state index contributed by atoms with van der Waals surface area (Å²) in [5.74, 6) is -0.172. The summed E-state index contributed by atoms with van der Waals surface area (Å²) in [6.07, 6.45) is 3.82. The van der Waals surface area contributed by atoms with E-state index >= 15 is 0 Å². The van der Waals surface area contributed by atoms with Crippen molar-refractivity contribution in [2.75, 3.05) is 6.54 Å². The van der Waals surface area contributed by atoms with Crippen molar-refractivity contribution in [3.05, 3.63) is 34.2 Å². The van der Waals surface area contributed by atoms with Crippen LogP contribution < -0.4 is 10.9 Å². The summed E-state index contributed by atoms with van der Waals surface area (Å²) in [7, 11) is 0. The van der Waals surface area contributed by atoms with Crippen molar-refractivity contribution in [1.82, 2.24) is 10.3 Å². The predicted molar refractivity (Wildman–Crippen MR) is 56.7 cm³/mol. The molecule has 1 aliphatic rings. The van der Waals surface area contributed by atoms with Gasteiger partial charge in [0.1, 0.15) is 0 Å². The summed E-state index contributed by atoms with van der Waals surface area (Å²) in [4.78, 5) is 25.1. The number of hydrogen-bond acceptors (Lipinski definition) is 2. The Balaban J connectivity index is 1.98. The van der Waals surface area contributed by atoms with Gasteiger partial charge in [0.05, 0.1) is 0 Å². The molecule has 0 unspecified atom stereocenters. The lowest BCUT2D eigenvalue weighted by Crippen LogP contribution is -2.29. The quantitative estimate of drug-likeness (QED) is 0.772. The monoisotopic (exact) mass is 206 g/mol. The Morgan fingerprint density at radius 3 is 2.93 bits per heavy atom. The van der Waals surface area contributed by atoms with Gasteiger partial charge in [-0.3, -0.25) is 9.59 Å². The van der Waals surface area contributed by atoms with Gasteiger partial charge in [0.25, 0.3) is 5.91 Å². The normalized spacial score (nSPS) is 17.1. The number of carbonyl (C=O) groups excluding carboxylic acids is 1. The third-order valence-corrected chi connectivity index (χ3v) is 2.82. The first-order chi connectivity index (χ1) is 7.09. The molecule has 1 aliphatic carbocycles. The van der Waals surface area contributed by atoms with Crippen LogP contribution in [0.5, 0.6) is 0 Å². The second kappa shape index (κ2) is 3.53. The van der Waals surface area contributed by atoms with Crippen molar-refractivity contribution < 1.29 is 4.79 Å². The molecule has 0 spiro atoms. The van der Waals surface area contributed by atoms with Gasteiger partial charge in [0.15, 0.2) is 0 Å². The number of amides is 1. The van der Waals surface area contributed by atoms with Crippen LogP contribution >= 0.6 is 0 Å². The average Bonchev–Trinajstić information content (AvgIpc) is 2.94. The highest BCUT2D eigenvalue weighted by Gasteiger charge is 2.37. The summed E-state index contributed by atoms with van der Waals surface area (Å²) in [5, 5.41) is 2.84. The topological polar surface area (TPSA) is 62.0 Å². The molecule has 80 valence electrons. The van der Waals surface area contributed by atoms with Crippen molar-refractivity contribution in [1.29, 1.82) is 0 Å². The van der Waals surface area contributed by atoms with Crippen LogP contribution in [0.1, 0.15) is 30.1 Å². The summed E-state index contributed by atoms with van der Waals surface area (Å²) in [5.41, 5.74) is 0.458. The Morgan fingerprint density at radius 2 is 2.33 bits per heavy atom. The van der Waals surface area contributed by atoms with Gasteiger partial charge in [0.2, 0.25) is 5.56 Å². The lowest BCUT2D eigenvalue weighted by Gasteiger charge is -2.09. The molecule has 2 rings (SSSR count). The second-order valence-corrected chi connectivity index (χ2v) is 4.43. The largest absolute Gasteiger partial charge is 0.351 e. The van der Waals surface area contributed by atoms with Gasteiger partial charge in [-0.1, -0.05) is 6.92 Å². The lowest BCUT2D eigenvalue weighted by atomic mass is 10.1. The van der Waals surface area contributed by atoms with E-state index < -0.39 is 0 Å². The highest BCUT2D eigenvalue weighted by atomic mass is 16.2. The van der Waals surface area contributed by atoms with Gasteiger partial charge in [-0.2, -0.15) is 0 Å². The fraction of sp³-hybridized carbons (Fsp3) is 0.455. The number of aromatic nitrogens is 1. The summed E-state index contributed by atoms with van der Waals surface area (Å²) < 4.78 is 0. The maximum Gasteiger partial charge on any atom is 0.251 e. The van der Waals surface area contributed by atoms with Gasteiger partial charge in [-0.15, -0.1) is 0 Å². The third kappa shape index (κ3) is 2.46. The Morgan fingerprint density at radius 1 is 1.60 bits per heavy atom. The summed E-state index contributed by atoms with van der Waals surface area (Å²) in [6, 6.07) is 2.91. The smallest absolute Gasteiger partial charge is 0.251 e. The number of pyridine rings is 1. The molecular formula is C11H14N2O2. The fourth-order valence-electron chi connectivity index (χ4n) is 1.37. The molecule has 0 radical (unpaired) electrons. The van der Waals surface area contributed by atoms with E-state index in [2.05, 4.69) is 17.2 Å². The van der Waals surface area contributed by atoms with Gasteiger partial charge >= 0.3 is 0 Å². The second-order valence-electron chi connectivity index (χ2n) is 4.43. The minimum absolute atomic E-state index is 0.172. The molecule has 1 aromatic rings. The van der Waals surface area contributed by atoms with Gasteiger partial charge in [0, 0.05) is 24.4 Å². The molecule has 0 aliphatic heterocycles. The zero-order valence-corrected chi connectivity index (χ0v) is 8.67. The van der Waals surface area contributed by atoms with Crippen LogP contribution in [0.25, 0.3) is 0 Å². The van der Waals surface area contributed by atoms with Gasteiger partial charge < -0.3 is 10.3 Å². The van der Waals surface area contributed by atoms with E-state index in [1.807, 2.05) is 0 Å². The Kier molecular flexibility index (Phi) is 2.34. The molecule has 1 fully saturated rings. The number of nitrogens with one attached hydrogen (secondary N) is 2. The van der Waals surface area contributed by atoms with Crippen LogP contribution in [0.15, 0.2) is 23.1 Å². The zero-order valence-electron chi connectivity index (χ0n) is 8.67. The fourth-order valence-corrected chi connectivity index (χ4v) is 1.37. The number of H-pyrrole nitrogens is 1. The summed E-state index contributed by atoms with van der Waals surface area (Å²) in [6.45, 7) is 2.84. The molecule has 1 heterocycles. The number of rotatable bonds is 3. The van der Waals surface area contributed by atoms with E-state index in [0.29, 0.717) is 12.1 Å². The Hall–Kier alpha value is -1.58. The molecular weight excluding hydrogens is 192 g/mol. The van der Waals surface area contributed by atoms with E-state index in [-0.39, 0.29) is 16.9 Å². The molecule has 1 saturated carbocycles. The molecule has 0 atom stereocenters. The van der Waals surface area contributed by atoms with Crippen molar-refractivity contribution in [3.8, 4) is 0 Å². The van der Waals surface area contributed by atoms with Crippen molar-refractivity contribution in [3.63, 3.8) is 0 Å². The molecule has 0 bridgehead atoms. The van der Waals surface area contributed by atoms with Crippen LogP contribution in [0, 0.1) is 5.41 Å². The highest BCUT2D eigenvalue weighted by molar-refractivity contribution is 5.93. The summed E-state index contributed by atoms with van der Waals surface area (Å²) >= 11 is 0. The minimum Gasteiger partial charge on any atom is -0.351 e. The third-order valence-electron chi connectivity index (χ3n) is 2.82. The van der Waals surface area contributed by atoms with Gasteiger partial charge in [-0.05, 0) is 24.3 Å². The highest BCUT2D eigenvalue weighted by Crippen LogP contribution is 2.44. The maximum absolute atomic E-state index is 11.6. The number of carbonyl (C=O) groups is 1. The van der Waals surface area contributed by atoms with Crippen molar-refractivity contribution in [2.45, 2.75) is 19.8 Å². The first-order valence-corrected chi connectivity index (χ1v) is 5.06. The van der Waals surface area contributed by atoms with Crippen LogP contribution in [0.2, 0.25) is 0 Å². The molecule has 2 N–H and O–H groups in total.